The molecule has 0 saturated carbocycles. The maximum absolute atomic E-state index is 12.4. The lowest BCUT2D eigenvalue weighted by Gasteiger charge is -2.18. The summed E-state index contributed by atoms with van der Waals surface area (Å²) in [6.45, 7) is 4.69. The number of hydrogen-bond acceptors (Lipinski definition) is 5. The molecule has 1 aromatic heterocycles. The number of nitrogens with one attached hydrogen (secondary N) is 1. The van der Waals surface area contributed by atoms with Gasteiger partial charge in [0.05, 0.1) is 18.3 Å². The number of carbonyl (C=O) groups excluding carboxylic acids is 1. The summed E-state index contributed by atoms with van der Waals surface area (Å²) in [5.41, 5.74) is 4.68. The molecule has 0 aliphatic heterocycles. The van der Waals surface area contributed by atoms with E-state index in [1.165, 1.54) is 5.56 Å². The Morgan fingerprint density at radius 3 is 2.49 bits per heavy atom. The lowest BCUT2D eigenvalue weighted by molar-refractivity contribution is 0.0528. The molecule has 3 aromatic carbocycles. The van der Waals surface area contributed by atoms with Gasteiger partial charge in [0.1, 0.15) is 5.15 Å². The zero-order chi connectivity index (χ0) is 24.8. The highest BCUT2D eigenvalue weighted by Gasteiger charge is 2.14. The van der Waals surface area contributed by atoms with E-state index in [1.807, 2.05) is 37.3 Å². The van der Waals surface area contributed by atoms with Crippen molar-refractivity contribution in [3.63, 3.8) is 0 Å². The third kappa shape index (κ3) is 6.06. The molecule has 0 spiro atoms. The highest BCUT2D eigenvalue weighted by molar-refractivity contribution is 6.29. The van der Waals surface area contributed by atoms with Crippen LogP contribution >= 0.6 is 11.6 Å². The zero-order valence-electron chi connectivity index (χ0n) is 19.9. The van der Waals surface area contributed by atoms with E-state index in [-0.39, 0.29) is 12.0 Å². The standard InChI is InChI=1S/C29H29ClN2O3/c1-3-35-29(34)26-9-5-7-24-23(6-4-8-25(24)26)21-12-10-20(11-13-21)16-19(2)31-18-27(33)22-14-15-28(30)32-17-22/h4-15,17,19,27,31,33H,3,16,18H2,1-2H3/t19-,27-/m1/s1. The number of pyridine rings is 1. The van der Waals surface area contributed by atoms with Gasteiger partial charge in [0.2, 0.25) is 0 Å². The van der Waals surface area contributed by atoms with Gasteiger partial charge in [-0.3, -0.25) is 0 Å². The summed E-state index contributed by atoms with van der Waals surface area (Å²) in [4.78, 5) is 16.4. The first kappa shape index (κ1) is 24.9. The minimum atomic E-state index is -0.643. The second-order valence-electron chi connectivity index (χ2n) is 8.57. The number of aliphatic hydroxyl groups excluding tert-OH is 1. The second-order valence-corrected chi connectivity index (χ2v) is 8.95. The summed E-state index contributed by atoms with van der Waals surface area (Å²) in [6, 6.07) is 23.9. The largest absolute Gasteiger partial charge is 0.462 e. The number of halogens is 1. The molecule has 0 bridgehead atoms. The molecule has 2 atom stereocenters. The number of aliphatic hydroxyl groups is 1. The Labute approximate surface area is 210 Å². The maximum atomic E-state index is 12.4. The van der Waals surface area contributed by atoms with E-state index in [1.54, 1.807) is 18.3 Å². The summed E-state index contributed by atoms with van der Waals surface area (Å²) < 4.78 is 5.23. The molecule has 0 unspecified atom stereocenters. The number of carbonyl (C=O) groups is 1. The second kappa shape index (κ2) is 11.5. The lowest BCUT2D eigenvalue weighted by atomic mass is 9.94. The van der Waals surface area contributed by atoms with Gasteiger partial charge >= 0.3 is 5.97 Å². The first-order chi connectivity index (χ1) is 17.0. The van der Waals surface area contributed by atoms with E-state index >= 15 is 0 Å². The van der Waals surface area contributed by atoms with Gasteiger partial charge in [-0.1, -0.05) is 72.3 Å². The summed E-state index contributed by atoms with van der Waals surface area (Å²) in [6.07, 6.45) is 1.78. The molecule has 35 heavy (non-hydrogen) atoms. The predicted octanol–water partition coefficient (Wildman–Crippen LogP) is 5.99. The van der Waals surface area contributed by atoms with Crippen molar-refractivity contribution in [1.29, 1.82) is 0 Å². The van der Waals surface area contributed by atoms with Crippen molar-refractivity contribution in [1.82, 2.24) is 10.3 Å². The highest BCUT2D eigenvalue weighted by atomic mass is 35.5. The highest BCUT2D eigenvalue weighted by Crippen LogP contribution is 2.31. The SMILES string of the molecule is CCOC(=O)c1cccc2c(-c3ccc(C[C@@H](C)NC[C@@H](O)c4ccc(Cl)nc4)cc3)cccc12. The van der Waals surface area contributed by atoms with E-state index in [4.69, 9.17) is 16.3 Å². The van der Waals surface area contributed by atoms with Crippen LogP contribution in [0, 0.1) is 0 Å². The van der Waals surface area contributed by atoms with Crippen LogP contribution in [0.3, 0.4) is 0 Å². The van der Waals surface area contributed by atoms with Crippen molar-refractivity contribution in [3.8, 4) is 11.1 Å². The smallest absolute Gasteiger partial charge is 0.338 e. The van der Waals surface area contributed by atoms with E-state index in [9.17, 15) is 9.90 Å². The van der Waals surface area contributed by atoms with E-state index in [0.717, 1.165) is 33.9 Å². The molecule has 0 saturated heterocycles. The molecule has 1 heterocycles. The summed E-state index contributed by atoms with van der Waals surface area (Å²) >= 11 is 5.82. The molecule has 180 valence electrons. The fourth-order valence-electron chi connectivity index (χ4n) is 4.21. The van der Waals surface area contributed by atoms with E-state index in [0.29, 0.717) is 23.9 Å². The van der Waals surface area contributed by atoms with Crippen molar-refractivity contribution < 1.29 is 14.6 Å². The number of hydrogen-bond donors (Lipinski definition) is 2. The van der Waals surface area contributed by atoms with Crippen LogP contribution in [0.1, 0.15) is 41.4 Å². The van der Waals surface area contributed by atoms with Gasteiger partial charge in [-0.2, -0.15) is 0 Å². The molecule has 0 aliphatic rings. The summed E-state index contributed by atoms with van der Waals surface area (Å²) in [7, 11) is 0. The van der Waals surface area contributed by atoms with Crippen LogP contribution in [0.5, 0.6) is 0 Å². The van der Waals surface area contributed by atoms with Gasteiger partial charge in [0.15, 0.2) is 0 Å². The van der Waals surface area contributed by atoms with Crippen LogP contribution in [0.4, 0.5) is 0 Å². The Balaban J connectivity index is 1.44. The van der Waals surface area contributed by atoms with Crippen molar-refractivity contribution >= 4 is 28.3 Å². The molecular formula is C29H29ClN2O3. The average Bonchev–Trinajstić information content (AvgIpc) is 2.87. The Bertz CT molecular complexity index is 1290. The zero-order valence-corrected chi connectivity index (χ0v) is 20.6. The molecule has 4 aromatic rings. The van der Waals surface area contributed by atoms with Gasteiger partial charge < -0.3 is 15.2 Å². The van der Waals surface area contributed by atoms with Crippen LogP contribution in [0.2, 0.25) is 5.15 Å². The molecule has 0 aliphatic carbocycles. The molecule has 2 N–H and O–H groups in total. The Morgan fingerprint density at radius 1 is 1.03 bits per heavy atom. The topological polar surface area (TPSA) is 71.5 Å². The van der Waals surface area contributed by atoms with Crippen LogP contribution in [-0.4, -0.2) is 35.3 Å². The van der Waals surface area contributed by atoms with Crippen LogP contribution in [0.15, 0.2) is 79.0 Å². The maximum Gasteiger partial charge on any atom is 0.338 e. The van der Waals surface area contributed by atoms with Crippen molar-refractivity contribution in [3.05, 3.63) is 101 Å². The van der Waals surface area contributed by atoms with Gasteiger partial charge in [0, 0.05) is 24.3 Å². The molecule has 5 nitrogen and oxygen atoms in total. The van der Waals surface area contributed by atoms with Gasteiger partial charge in [-0.15, -0.1) is 0 Å². The van der Waals surface area contributed by atoms with Gasteiger partial charge in [0.25, 0.3) is 0 Å². The van der Waals surface area contributed by atoms with Crippen LogP contribution in [-0.2, 0) is 11.2 Å². The predicted molar refractivity (Wildman–Crippen MR) is 141 cm³/mol. The molecule has 6 heteroatoms. The third-order valence-corrected chi connectivity index (χ3v) is 6.24. The monoisotopic (exact) mass is 488 g/mol. The van der Waals surface area contributed by atoms with E-state index in [2.05, 4.69) is 47.6 Å². The number of fused-ring (bicyclic) bond motifs is 1. The third-order valence-electron chi connectivity index (χ3n) is 6.02. The normalized spacial score (nSPS) is 12.9. The quantitative estimate of drug-likeness (QED) is 0.224. The Hall–Kier alpha value is -3.25. The van der Waals surface area contributed by atoms with Gasteiger partial charge in [-0.05, 0) is 59.9 Å². The number of ether oxygens (including phenoxy) is 1. The van der Waals surface area contributed by atoms with Crippen LogP contribution < -0.4 is 5.32 Å². The van der Waals surface area contributed by atoms with Crippen molar-refractivity contribution in [2.24, 2.45) is 0 Å². The van der Waals surface area contributed by atoms with Crippen LogP contribution in [0.25, 0.3) is 21.9 Å². The minimum absolute atomic E-state index is 0.181. The average molecular weight is 489 g/mol. The molecule has 0 radical (unpaired) electrons. The molecule has 4 rings (SSSR count). The first-order valence-corrected chi connectivity index (χ1v) is 12.1. The number of esters is 1. The summed E-state index contributed by atoms with van der Waals surface area (Å²) in [5.74, 6) is -0.301. The number of benzene rings is 3. The minimum Gasteiger partial charge on any atom is -0.462 e. The Kier molecular flexibility index (Phi) is 8.13. The Morgan fingerprint density at radius 2 is 1.77 bits per heavy atom. The molecular weight excluding hydrogens is 460 g/mol. The molecule has 0 amide bonds. The summed E-state index contributed by atoms with van der Waals surface area (Å²) in [5, 5.41) is 16.1. The molecule has 0 fully saturated rings. The first-order valence-electron chi connectivity index (χ1n) is 11.8. The van der Waals surface area contributed by atoms with E-state index < -0.39 is 6.10 Å². The van der Waals surface area contributed by atoms with Crippen molar-refractivity contribution in [2.75, 3.05) is 13.2 Å². The fourth-order valence-corrected chi connectivity index (χ4v) is 4.32. The number of rotatable bonds is 9. The lowest BCUT2D eigenvalue weighted by Crippen LogP contribution is -2.32. The van der Waals surface area contributed by atoms with Crippen molar-refractivity contribution in [2.45, 2.75) is 32.4 Å². The number of nitrogens with zero attached hydrogens (tertiary/aromatic N) is 1. The fraction of sp³-hybridized carbons (Fsp3) is 0.241. The number of aromatic nitrogens is 1. The van der Waals surface area contributed by atoms with Gasteiger partial charge in [-0.25, -0.2) is 9.78 Å².